The summed E-state index contributed by atoms with van der Waals surface area (Å²) >= 11 is 1.26. The molecule has 11 heteroatoms. The van der Waals surface area contributed by atoms with E-state index >= 15 is 0 Å². The minimum Gasteiger partial charge on any atom is -0.361 e. The second-order valence-electron chi connectivity index (χ2n) is 13.0. The van der Waals surface area contributed by atoms with Gasteiger partial charge in [-0.2, -0.15) is 0 Å². The average molecular weight is 648 g/mol. The number of epoxide rings is 1. The maximum atomic E-state index is 14.2. The molecule has 1 saturated heterocycles. The quantitative estimate of drug-likeness (QED) is 0.198. The number of hydrogen-bond acceptors (Lipinski definition) is 8. The maximum absolute atomic E-state index is 14.2. The molecule has 5 atom stereocenters. The van der Waals surface area contributed by atoms with Crippen molar-refractivity contribution >= 4 is 34.8 Å². The maximum Gasteiger partial charge on any atom is 0.263 e. The lowest BCUT2D eigenvalue weighted by atomic mass is 9.76. The summed E-state index contributed by atoms with van der Waals surface area (Å²) < 4.78 is 5.43. The zero-order chi connectivity index (χ0) is 33.5. The predicted molar refractivity (Wildman–Crippen MR) is 177 cm³/mol. The highest BCUT2D eigenvalue weighted by atomic mass is 32.1. The molecule has 0 saturated carbocycles. The molecule has 3 amide bonds. The van der Waals surface area contributed by atoms with E-state index in [1.165, 1.54) is 17.5 Å². The lowest BCUT2D eigenvalue weighted by molar-refractivity contribution is -0.137. The van der Waals surface area contributed by atoms with Gasteiger partial charge in [-0.05, 0) is 82.6 Å². The molecular formula is C35H45N5O5S. The van der Waals surface area contributed by atoms with Gasteiger partial charge in [-0.1, -0.05) is 44.2 Å². The van der Waals surface area contributed by atoms with Crippen molar-refractivity contribution in [3.8, 4) is 0 Å². The number of carbonyl (C=O) groups is 4. The fraction of sp³-hybridized carbons (Fsp3) is 0.486. The van der Waals surface area contributed by atoms with Crippen molar-refractivity contribution in [1.29, 1.82) is 0 Å². The Labute approximate surface area is 275 Å². The van der Waals surface area contributed by atoms with E-state index in [1.54, 1.807) is 33.2 Å². The smallest absolute Gasteiger partial charge is 0.263 e. The molecule has 3 heterocycles. The summed E-state index contributed by atoms with van der Waals surface area (Å²) in [5, 5.41) is 9.73. The number of rotatable bonds is 16. The first-order valence-corrected chi connectivity index (χ1v) is 16.6. The molecule has 0 spiro atoms. The van der Waals surface area contributed by atoms with E-state index in [1.807, 2.05) is 63.2 Å². The fourth-order valence-electron chi connectivity index (χ4n) is 5.39. The average Bonchev–Trinajstić information content (AvgIpc) is 3.63. The van der Waals surface area contributed by atoms with Gasteiger partial charge in [0, 0.05) is 18.4 Å². The van der Waals surface area contributed by atoms with Crippen molar-refractivity contribution < 1.29 is 23.9 Å². The normalized spacial score (nSPS) is 18.9. The number of Topliss-reactive ketones (excluding diaryl/α,β-unsaturated/α-hetero) is 1. The number of aromatic nitrogens is 2. The first kappa shape index (κ1) is 34.9. The minimum absolute atomic E-state index is 0.150. The topological polar surface area (TPSA) is 143 Å². The third-order valence-electron chi connectivity index (χ3n) is 8.61. The zero-order valence-corrected chi connectivity index (χ0v) is 28.3. The number of thiazole rings is 1. The van der Waals surface area contributed by atoms with Gasteiger partial charge in [0.15, 0.2) is 5.78 Å². The van der Waals surface area contributed by atoms with E-state index in [0.717, 1.165) is 16.1 Å². The predicted octanol–water partition coefficient (Wildman–Crippen LogP) is 4.22. The van der Waals surface area contributed by atoms with Crippen molar-refractivity contribution in [2.24, 2.45) is 11.3 Å². The van der Waals surface area contributed by atoms with E-state index < -0.39 is 35.0 Å². The van der Waals surface area contributed by atoms with E-state index in [9.17, 15) is 19.2 Å². The van der Waals surface area contributed by atoms with Crippen LogP contribution in [-0.4, -0.2) is 63.8 Å². The number of amides is 3. The number of hydrogen-bond donors (Lipinski definition) is 3. The molecule has 1 aromatic carbocycles. The van der Waals surface area contributed by atoms with Crippen LogP contribution in [0.15, 0.2) is 61.1 Å². The minimum atomic E-state index is -1.17. The Morgan fingerprint density at radius 1 is 0.978 bits per heavy atom. The van der Waals surface area contributed by atoms with Gasteiger partial charge in [-0.3, -0.25) is 24.2 Å². The summed E-state index contributed by atoms with van der Waals surface area (Å²) in [4.78, 5) is 63.4. The van der Waals surface area contributed by atoms with E-state index in [-0.39, 0.29) is 29.9 Å². The highest BCUT2D eigenvalue weighted by molar-refractivity contribution is 7.13. The molecule has 3 aromatic rings. The zero-order valence-electron chi connectivity index (χ0n) is 27.5. The summed E-state index contributed by atoms with van der Waals surface area (Å²) in [6.07, 6.45) is 6.46. The molecule has 0 bridgehead atoms. The van der Waals surface area contributed by atoms with Crippen LogP contribution >= 0.6 is 11.3 Å². The Hall–Kier alpha value is -3.96. The van der Waals surface area contributed by atoms with Gasteiger partial charge in [-0.15, -0.1) is 11.3 Å². The number of ether oxygens (including phenoxy) is 1. The lowest BCUT2D eigenvalue weighted by Gasteiger charge is -2.37. The van der Waals surface area contributed by atoms with Gasteiger partial charge in [0.25, 0.3) is 5.91 Å². The summed E-state index contributed by atoms with van der Waals surface area (Å²) in [7, 11) is 0. The van der Waals surface area contributed by atoms with Crippen LogP contribution in [0.4, 0.5) is 0 Å². The van der Waals surface area contributed by atoms with Crippen molar-refractivity contribution in [2.45, 2.75) is 91.0 Å². The van der Waals surface area contributed by atoms with Gasteiger partial charge in [0.2, 0.25) is 11.8 Å². The second-order valence-corrected chi connectivity index (χ2v) is 14.2. The van der Waals surface area contributed by atoms with Crippen molar-refractivity contribution in [1.82, 2.24) is 25.9 Å². The van der Waals surface area contributed by atoms with Crippen molar-refractivity contribution in [3.05, 3.63) is 82.1 Å². The van der Waals surface area contributed by atoms with Gasteiger partial charge < -0.3 is 20.7 Å². The van der Waals surface area contributed by atoms with Crippen LogP contribution in [0, 0.1) is 18.3 Å². The Kier molecular flexibility index (Phi) is 11.4. The summed E-state index contributed by atoms with van der Waals surface area (Å²) in [5.74, 6) is -1.14. The summed E-state index contributed by atoms with van der Waals surface area (Å²) in [5.41, 5.74) is -0.171. The lowest BCUT2D eigenvalue weighted by Crippen LogP contribution is -2.59. The standard InChI is InChI=1S/C35H45N5O5S/c1-22(2)18-28(30(41)35(6)21-45-35)40-33(44)34(5,19-26-14-16-36-17-15-26)23(3)38-31(42)27(13-12-25-10-8-7-9-11-25)39-32(43)29-20-37-24(4)46-29/h7-11,14-17,20,22-23,27-28H,12-13,18-19,21H2,1-6H3,(H,38,42)(H,39,43)(H,40,44)/t23?,27-,28-,34-,35+/m0/s1. The van der Waals surface area contributed by atoms with Crippen molar-refractivity contribution in [2.75, 3.05) is 6.61 Å². The van der Waals surface area contributed by atoms with E-state index in [4.69, 9.17) is 4.74 Å². The molecule has 0 aliphatic carbocycles. The van der Waals surface area contributed by atoms with Crippen LogP contribution in [-0.2, 0) is 32.0 Å². The molecule has 1 aliphatic heterocycles. The molecule has 1 unspecified atom stereocenters. The number of ketones is 1. The number of nitrogens with one attached hydrogen (secondary N) is 3. The van der Waals surface area contributed by atoms with Crippen LogP contribution in [0.5, 0.6) is 0 Å². The Bertz CT molecular complexity index is 1510. The van der Waals surface area contributed by atoms with Crippen LogP contribution < -0.4 is 16.0 Å². The first-order valence-electron chi connectivity index (χ1n) is 15.8. The molecule has 46 heavy (non-hydrogen) atoms. The number of benzene rings is 1. The SMILES string of the molecule is Cc1ncc(C(=O)N[C@@H](CCc2ccccc2)C(=O)NC(C)[C@](C)(Cc2ccncc2)C(=O)N[C@@H](CC(C)C)C(=O)[C@@]2(C)CO2)s1. The third-order valence-corrected chi connectivity index (χ3v) is 9.52. The number of aryl methyl sites for hydroxylation is 2. The number of carbonyl (C=O) groups excluding carboxylic acids is 4. The molecule has 3 N–H and O–H groups in total. The Balaban J connectivity index is 1.57. The number of pyridine rings is 1. The monoisotopic (exact) mass is 647 g/mol. The second kappa shape index (κ2) is 15.1. The molecule has 2 aromatic heterocycles. The highest BCUT2D eigenvalue weighted by Gasteiger charge is 2.51. The van der Waals surface area contributed by atoms with Gasteiger partial charge in [0.1, 0.15) is 16.5 Å². The summed E-state index contributed by atoms with van der Waals surface area (Å²) in [6.45, 7) is 11.5. The van der Waals surface area contributed by atoms with Gasteiger partial charge >= 0.3 is 0 Å². The van der Waals surface area contributed by atoms with Crippen LogP contribution in [0.3, 0.4) is 0 Å². The first-order chi connectivity index (χ1) is 21.8. The third kappa shape index (κ3) is 9.07. The van der Waals surface area contributed by atoms with Crippen LogP contribution in [0.25, 0.3) is 0 Å². The molecule has 4 rings (SSSR count). The highest BCUT2D eigenvalue weighted by Crippen LogP contribution is 2.32. The fourth-order valence-corrected chi connectivity index (χ4v) is 6.07. The molecule has 246 valence electrons. The molecule has 10 nitrogen and oxygen atoms in total. The van der Waals surface area contributed by atoms with Crippen molar-refractivity contribution in [3.63, 3.8) is 0 Å². The van der Waals surface area contributed by atoms with Crippen LogP contribution in [0.2, 0.25) is 0 Å². The Morgan fingerprint density at radius 2 is 1.65 bits per heavy atom. The van der Waals surface area contributed by atoms with E-state index in [0.29, 0.717) is 30.7 Å². The largest absolute Gasteiger partial charge is 0.361 e. The molecule has 1 fully saturated rings. The molecular weight excluding hydrogens is 602 g/mol. The van der Waals surface area contributed by atoms with E-state index in [2.05, 4.69) is 25.9 Å². The Morgan fingerprint density at radius 3 is 2.24 bits per heavy atom. The molecule has 0 radical (unpaired) electrons. The number of nitrogens with zero attached hydrogens (tertiary/aromatic N) is 2. The van der Waals surface area contributed by atoms with Gasteiger partial charge in [0.05, 0.1) is 29.3 Å². The summed E-state index contributed by atoms with van der Waals surface area (Å²) in [6, 6.07) is 11.1. The van der Waals surface area contributed by atoms with Crippen LogP contribution in [0.1, 0.15) is 73.3 Å². The molecule has 1 aliphatic rings. The van der Waals surface area contributed by atoms with Gasteiger partial charge in [-0.25, -0.2) is 4.98 Å².